The van der Waals surface area contributed by atoms with Crippen LogP contribution in [-0.2, 0) is 19.6 Å². The highest BCUT2D eigenvalue weighted by molar-refractivity contribution is 5.29. The number of benzene rings is 1. The van der Waals surface area contributed by atoms with Crippen molar-refractivity contribution in [1.82, 2.24) is 25.8 Å². The molecule has 0 saturated heterocycles. The molecule has 0 spiro atoms. The van der Waals surface area contributed by atoms with Gasteiger partial charge in [0.15, 0.2) is 0 Å². The quantitative estimate of drug-likeness (QED) is 0.639. The van der Waals surface area contributed by atoms with Crippen molar-refractivity contribution in [3.63, 3.8) is 0 Å². The fourth-order valence-corrected chi connectivity index (χ4v) is 4.32. The molecule has 1 aromatic heterocycles. The smallest absolute Gasteiger partial charge is 0.0541 e. The molecule has 3 N–H and O–H groups in total. The SMILES string of the molecule is C1=CC2CNCCN(Cc3ccc(CNCc4ccccn4)cc3)CCNC/C=C\C(=C1)C2. The Morgan fingerprint density at radius 1 is 0.970 bits per heavy atom. The molecule has 4 rings (SSSR count). The molecule has 2 aliphatic rings. The average Bonchev–Trinajstić information content (AvgIpc) is 2.85. The molecule has 5 heteroatoms. The lowest BCUT2D eigenvalue weighted by atomic mass is 9.94. The fraction of sp³-hybridized carbons (Fsp3) is 0.393. The summed E-state index contributed by atoms with van der Waals surface area (Å²) in [5.74, 6) is 0.595. The van der Waals surface area contributed by atoms with E-state index in [1.807, 2.05) is 18.3 Å². The molecule has 1 aromatic carbocycles. The summed E-state index contributed by atoms with van der Waals surface area (Å²) >= 11 is 0. The van der Waals surface area contributed by atoms with Crippen LogP contribution in [0.4, 0.5) is 0 Å². The van der Waals surface area contributed by atoms with Gasteiger partial charge in [-0.1, -0.05) is 60.7 Å². The van der Waals surface area contributed by atoms with Crippen LogP contribution in [0, 0.1) is 5.92 Å². The lowest BCUT2D eigenvalue weighted by molar-refractivity contribution is 0.264. The van der Waals surface area contributed by atoms with E-state index in [-0.39, 0.29) is 0 Å². The van der Waals surface area contributed by atoms with Crippen LogP contribution in [0.2, 0.25) is 0 Å². The zero-order valence-electron chi connectivity index (χ0n) is 19.5. The standard InChI is InChI=1S/C28H37N5/c1-2-14-32-28(8-1)22-31-20-25-9-11-26(12-10-25)23-33-17-15-29-13-4-7-24-5-3-6-27(19-24)21-30-16-18-33/h1-12,14,27,29-31H,13,15-23H2/b7-4-. The van der Waals surface area contributed by atoms with Crippen LogP contribution in [0.25, 0.3) is 0 Å². The number of fused-ring (bicyclic) bond motifs is 2. The van der Waals surface area contributed by atoms with Gasteiger partial charge in [0.2, 0.25) is 0 Å². The number of hydrogen-bond acceptors (Lipinski definition) is 5. The Kier molecular flexibility index (Phi) is 9.44. The molecule has 1 unspecified atom stereocenters. The molecule has 2 heterocycles. The maximum absolute atomic E-state index is 4.36. The summed E-state index contributed by atoms with van der Waals surface area (Å²) in [6.07, 6.45) is 14.3. The topological polar surface area (TPSA) is 52.2 Å². The molecule has 1 aliphatic carbocycles. The van der Waals surface area contributed by atoms with Crippen molar-refractivity contribution in [3.8, 4) is 0 Å². The molecular weight excluding hydrogens is 406 g/mol. The molecule has 2 bridgehead atoms. The van der Waals surface area contributed by atoms with Gasteiger partial charge in [-0.3, -0.25) is 9.88 Å². The largest absolute Gasteiger partial charge is 0.315 e. The molecule has 5 nitrogen and oxygen atoms in total. The van der Waals surface area contributed by atoms with Crippen LogP contribution in [0.15, 0.2) is 84.6 Å². The highest BCUT2D eigenvalue weighted by atomic mass is 15.1. The monoisotopic (exact) mass is 443 g/mol. The first kappa shape index (κ1) is 23.6. The molecule has 0 amide bonds. The zero-order chi connectivity index (χ0) is 22.6. The van der Waals surface area contributed by atoms with E-state index in [9.17, 15) is 0 Å². The van der Waals surface area contributed by atoms with Crippen molar-refractivity contribution in [2.45, 2.75) is 26.1 Å². The third kappa shape index (κ3) is 8.37. The molecule has 174 valence electrons. The van der Waals surface area contributed by atoms with Gasteiger partial charge in [-0.15, -0.1) is 0 Å². The first-order chi connectivity index (χ1) is 16.3. The highest BCUT2D eigenvalue weighted by Gasteiger charge is 2.11. The Bertz CT molecular complexity index is 917. The van der Waals surface area contributed by atoms with E-state index < -0.39 is 0 Å². The van der Waals surface area contributed by atoms with Crippen molar-refractivity contribution >= 4 is 0 Å². The molecule has 0 saturated carbocycles. The summed E-state index contributed by atoms with van der Waals surface area (Å²) in [5, 5.41) is 10.7. The van der Waals surface area contributed by atoms with Gasteiger partial charge in [-0.05, 0) is 41.2 Å². The Hall–Kier alpha value is -2.57. The highest BCUT2D eigenvalue weighted by Crippen LogP contribution is 2.19. The Morgan fingerprint density at radius 2 is 1.82 bits per heavy atom. The Balaban J connectivity index is 1.25. The summed E-state index contributed by atoms with van der Waals surface area (Å²) in [6, 6.07) is 15.1. The van der Waals surface area contributed by atoms with Crippen LogP contribution in [0.3, 0.4) is 0 Å². The van der Waals surface area contributed by atoms with Gasteiger partial charge in [0, 0.05) is 65.1 Å². The zero-order valence-corrected chi connectivity index (χ0v) is 19.5. The van der Waals surface area contributed by atoms with Crippen LogP contribution >= 0.6 is 0 Å². The van der Waals surface area contributed by atoms with Crippen molar-refractivity contribution in [2.24, 2.45) is 5.92 Å². The third-order valence-electron chi connectivity index (χ3n) is 6.19. The number of nitrogens with one attached hydrogen (secondary N) is 3. The molecular formula is C28H37N5. The van der Waals surface area contributed by atoms with E-state index in [4.69, 9.17) is 0 Å². The molecule has 1 aliphatic heterocycles. The molecule has 1 atom stereocenters. The summed E-state index contributed by atoms with van der Waals surface area (Å²) in [7, 11) is 0. The summed E-state index contributed by atoms with van der Waals surface area (Å²) < 4.78 is 0. The third-order valence-corrected chi connectivity index (χ3v) is 6.19. The minimum absolute atomic E-state index is 0.595. The van der Waals surface area contributed by atoms with E-state index in [1.54, 1.807) is 0 Å². The molecule has 2 aromatic rings. The molecule has 0 radical (unpaired) electrons. The van der Waals surface area contributed by atoms with Gasteiger partial charge in [-0.2, -0.15) is 0 Å². The lowest BCUT2D eigenvalue weighted by Gasteiger charge is -2.24. The van der Waals surface area contributed by atoms with Gasteiger partial charge in [0.1, 0.15) is 0 Å². The maximum atomic E-state index is 4.36. The number of aromatic nitrogens is 1. The molecule has 33 heavy (non-hydrogen) atoms. The summed E-state index contributed by atoms with van der Waals surface area (Å²) in [4.78, 5) is 6.91. The predicted molar refractivity (Wildman–Crippen MR) is 137 cm³/mol. The van der Waals surface area contributed by atoms with Gasteiger partial charge in [-0.25, -0.2) is 0 Å². The normalized spacial score (nSPS) is 21.2. The maximum Gasteiger partial charge on any atom is 0.0541 e. The Morgan fingerprint density at radius 3 is 2.67 bits per heavy atom. The second-order valence-electron chi connectivity index (χ2n) is 8.92. The minimum atomic E-state index is 0.595. The van der Waals surface area contributed by atoms with E-state index in [2.05, 4.69) is 86.5 Å². The van der Waals surface area contributed by atoms with Gasteiger partial charge >= 0.3 is 0 Å². The summed E-state index contributed by atoms with van der Waals surface area (Å²) in [6.45, 7) is 8.74. The van der Waals surface area contributed by atoms with Gasteiger partial charge in [0.05, 0.1) is 5.69 Å². The number of nitrogens with zero attached hydrogens (tertiary/aromatic N) is 2. The van der Waals surface area contributed by atoms with Crippen LogP contribution in [-0.4, -0.2) is 49.2 Å². The van der Waals surface area contributed by atoms with E-state index in [1.165, 1.54) is 16.7 Å². The number of rotatable bonds is 6. The average molecular weight is 444 g/mol. The number of hydrogen-bond donors (Lipinski definition) is 3. The Labute approximate surface area is 198 Å². The summed E-state index contributed by atoms with van der Waals surface area (Å²) in [5.41, 5.74) is 5.18. The number of pyridine rings is 1. The minimum Gasteiger partial charge on any atom is -0.315 e. The van der Waals surface area contributed by atoms with Gasteiger partial charge in [0.25, 0.3) is 0 Å². The van der Waals surface area contributed by atoms with Crippen molar-refractivity contribution < 1.29 is 0 Å². The van der Waals surface area contributed by atoms with Gasteiger partial charge < -0.3 is 16.0 Å². The lowest BCUT2D eigenvalue weighted by Crippen LogP contribution is -2.37. The predicted octanol–water partition coefficient (Wildman–Crippen LogP) is 3.42. The fourth-order valence-electron chi connectivity index (χ4n) is 4.32. The van der Waals surface area contributed by atoms with Crippen molar-refractivity contribution in [2.75, 3.05) is 39.3 Å². The first-order valence-electron chi connectivity index (χ1n) is 12.2. The van der Waals surface area contributed by atoms with Crippen LogP contribution < -0.4 is 16.0 Å². The van der Waals surface area contributed by atoms with Crippen molar-refractivity contribution in [3.05, 3.63) is 101 Å². The van der Waals surface area contributed by atoms with Crippen LogP contribution in [0.1, 0.15) is 23.2 Å². The first-order valence-corrected chi connectivity index (χ1v) is 12.2. The second-order valence-corrected chi connectivity index (χ2v) is 8.92. The van der Waals surface area contributed by atoms with E-state index in [0.29, 0.717) is 5.92 Å². The second kappa shape index (κ2) is 13.2. The molecule has 0 fully saturated rings. The van der Waals surface area contributed by atoms with E-state index in [0.717, 1.165) is 71.0 Å². The van der Waals surface area contributed by atoms with Crippen molar-refractivity contribution in [1.29, 1.82) is 0 Å². The van der Waals surface area contributed by atoms with E-state index >= 15 is 0 Å². The van der Waals surface area contributed by atoms with Crippen LogP contribution in [0.5, 0.6) is 0 Å². The number of allylic oxidation sites excluding steroid dienone is 4.